The Kier molecular flexibility index (Phi) is 3.98. The first-order valence-electron chi connectivity index (χ1n) is 5.41. The number of rotatable bonds is 3. The molecule has 0 spiro atoms. The van der Waals surface area contributed by atoms with Crippen molar-refractivity contribution >= 4 is 34.4 Å². The van der Waals surface area contributed by atoms with Crippen molar-refractivity contribution in [1.82, 2.24) is 0 Å². The lowest BCUT2D eigenvalue weighted by atomic mass is 10.3. The first-order chi connectivity index (χ1) is 9.60. The summed E-state index contributed by atoms with van der Waals surface area (Å²) in [5, 5.41) is 27.2. The molecule has 0 saturated carbocycles. The molecular weight excluding hydrogens is 282 g/mol. The summed E-state index contributed by atoms with van der Waals surface area (Å²) in [7, 11) is 0. The third-order valence-electron chi connectivity index (χ3n) is 2.38. The van der Waals surface area contributed by atoms with Crippen molar-refractivity contribution in [2.45, 2.75) is 0 Å². The number of hydrogen-bond donors (Lipinski definition) is 0. The Morgan fingerprint density at radius 1 is 1.10 bits per heavy atom. The first-order valence-corrected chi connectivity index (χ1v) is 5.79. The molecule has 0 unspecified atom stereocenters. The zero-order chi connectivity index (χ0) is 14.5. The predicted molar refractivity (Wildman–Crippen MR) is 73.5 cm³/mol. The summed E-state index contributed by atoms with van der Waals surface area (Å²) in [6.07, 6.45) is 0. The second-order valence-electron chi connectivity index (χ2n) is 3.71. The molecule has 0 saturated heterocycles. The van der Waals surface area contributed by atoms with Crippen molar-refractivity contribution in [3.8, 4) is 0 Å². The highest BCUT2D eigenvalue weighted by Crippen LogP contribution is 2.30. The molecule has 0 atom stereocenters. The molecule has 0 radical (unpaired) electrons. The fraction of sp³-hybridized carbons (Fsp3) is 0. The zero-order valence-corrected chi connectivity index (χ0v) is 10.7. The second kappa shape index (κ2) is 5.86. The van der Waals surface area contributed by atoms with Crippen molar-refractivity contribution < 1.29 is 4.92 Å². The number of non-ortho nitro benzene ring substituents is 1. The standard InChI is InChI=1S/C12H7ClN5O2/c13-11-7-9(3-6-12(11)15-14)17-16-8-1-4-10(5-2-8)18(19)20/h1-7H/q+1. The Bertz CT molecular complexity index is 722. The summed E-state index contributed by atoms with van der Waals surface area (Å²) in [6.45, 7) is 0. The molecule has 0 aromatic heterocycles. The lowest BCUT2D eigenvalue weighted by Crippen LogP contribution is -1.85. The molecule has 0 bridgehead atoms. The van der Waals surface area contributed by atoms with Gasteiger partial charge in [0.15, 0.2) is 4.98 Å². The van der Waals surface area contributed by atoms with Gasteiger partial charge in [0.25, 0.3) is 5.69 Å². The highest BCUT2D eigenvalue weighted by atomic mass is 35.5. The minimum atomic E-state index is -0.488. The van der Waals surface area contributed by atoms with E-state index in [1.54, 1.807) is 6.07 Å². The third-order valence-corrected chi connectivity index (χ3v) is 2.68. The van der Waals surface area contributed by atoms with E-state index in [4.69, 9.17) is 17.0 Å². The van der Waals surface area contributed by atoms with Gasteiger partial charge in [-0.15, -0.1) is 0 Å². The van der Waals surface area contributed by atoms with Crippen molar-refractivity contribution in [2.24, 2.45) is 10.2 Å². The van der Waals surface area contributed by atoms with Crippen LogP contribution in [-0.2, 0) is 0 Å². The maximum atomic E-state index is 10.5. The van der Waals surface area contributed by atoms with Gasteiger partial charge in [-0.2, -0.15) is 10.2 Å². The summed E-state index contributed by atoms with van der Waals surface area (Å²) in [4.78, 5) is 13.0. The zero-order valence-electron chi connectivity index (χ0n) is 9.97. The fourth-order valence-electron chi connectivity index (χ4n) is 1.40. The maximum absolute atomic E-state index is 10.5. The van der Waals surface area contributed by atoms with Gasteiger partial charge in [0.2, 0.25) is 5.39 Å². The molecular formula is C12H7ClN5O2+. The van der Waals surface area contributed by atoms with E-state index in [2.05, 4.69) is 15.2 Å². The van der Waals surface area contributed by atoms with Crippen LogP contribution in [0, 0.1) is 15.5 Å². The van der Waals surface area contributed by atoms with Gasteiger partial charge in [0.1, 0.15) is 5.02 Å². The van der Waals surface area contributed by atoms with Gasteiger partial charge in [-0.3, -0.25) is 10.1 Å². The van der Waals surface area contributed by atoms with Crippen LogP contribution >= 0.6 is 11.6 Å². The molecule has 0 amide bonds. The number of nitro groups is 1. The van der Waals surface area contributed by atoms with Crippen LogP contribution in [0.15, 0.2) is 52.7 Å². The Morgan fingerprint density at radius 3 is 2.25 bits per heavy atom. The van der Waals surface area contributed by atoms with E-state index in [0.717, 1.165) is 0 Å². The van der Waals surface area contributed by atoms with Gasteiger partial charge in [-0.25, -0.2) is 0 Å². The largest absolute Gasteiger partial charge is 0.403 e. The van der Waals surface area contributed by atoms with E-state index in [1.807, 2.05) is 0 Å². The number of benzene rings is 2. The number of nitrogens with zero attached hydrogens (tertiary/aromatic N) is 5. The summed E-state index contributed by atoms with van der Waals surface area (Å²) in [5.41, 5.74) is 1.17. The van der Waals surface area contributed by atoms with E-state index in [9.17, 15) is 10.1 Å². The normalized spacial score (nSPS) is 10.4. The Hall–Kier alpha value is -2.85. The number of hydrogen-bond acceptors (Lipinski definition) is 5. The number of diazo groups is 1. The minimum absolute atomic E-state index is 0.0131. The highest BCUT2D eigenvalue weighted by molar-refractivity contribution is 6.33. The SMILES string of the molecule is N#[N+]c1ccc(N=Nc2ccc([N+](=O)[O-])cc2)cc1Cl. The molecule has 98 valence electrons. The van der Waals surface area contributed by atoms with Gasteiger partial charge in [-0.1, -0.05) is 11.6 Å². The van der Waals surface area contributed by atoms with E-state index >= 15 is 0 Å². The van der Waals surface area contributed by atoms with Crippen molar-refractivity contribution in [2.75, 3.05) is 0 Å². The maximum Gasteiger partial charge on any atom is 0.403 e. The number of nitro benzene ring substituents is 1. The summed E-state index contributed by atoms with van der Waals surface area (Å²) >= 11 is 5.84. The molecule has 0 N–H and O–H groups in total. The van der Waals surface area contributed by atoms with Crippen molar-refractivity contribution in [3.05, 3.63) is 62.6 Å². The summed E-state index contributed by atoms with van der Waals surface area (Å²) in [6, 6.07) is 10.2. The topological polar surface area (TPSA) is 96.0 Å². The van der Waals surface area contributed by atoms with Crippen LogP contribution in [0.2, 0.25) is 5.02 Å². The molecule has 2 rings (SSSR count). The lowest BCUT2D eigenvalue weighted by Gasteiger charge is -1.93. The molecule has 0 aliphatic carbocycles. The van der Waals surface area contributed by atoms with Crippen LogP contribution in [-0.4, -0.2) is 4.92 Å². The van der Waals surface area contributed by atoms with Crippen LogP contribution in [0.4, 0.5) is 22.7 Å². The molecule has 20 heavy (non-hydrogen) atoms. The van der Waals surface area contributed by atoms with E-state index in [1.165, 1.54) is 36.4 Å². The molecule has 0 aliphatic rings. The monoisotopic (exact) mass is 288 g/mol. The smallest absolute Gasteiger partial charge is 0.258 e. The van der Waals surface area contributed by atoms with E-state index in [-0.39, 0.29) is 16.4 Å². The van der Waals surface area contributed by atoms with Crippen molar-refractivity contribution in [3.63, 3.8) is 0 Å². The van der Waals surface area contributed by atoms with Crippen LogP contribution in [0.3, 0.4) is 0 Å². The van der Waals surface area contributed by atoms with Crippen LogP contribution in [0.25, 0.3) is 4.98 Å². The van der Waals surface area contributed by atoms with Crippen LogP contribution in [0.5, 0.6) is 0 Å². The third kappa shape index (κ3) is 3.13. The number of azo groups is 1. The summed E-state index contributed by atoms with van der Waals surface area (Å²) < 4.78 is 0. The van der Waals surface area contributed by atoms with Crippen LogP contribution in [0.1, 0.15) is 0 Å². The molecule has 0 fully saturated rings. The Morgan fingerprint density at radius 2 is 1.70 bits per heavy atom. The van der Waals surface area contributed by atoms with Gasteiger partial charge < -0.3 is 0 Å². The Balaban J connectivity index is 2.19. The molecule has 2 aromatic carbocycles. The van der Waals surface area contributed by atoms with E-state index in [0.29, 0.717) is 11.4 Å². The second-order valence-corrected chi connectivity index (χ2v) is 4.12. The van der Waals surface area contributed by atoms with Gasteiger partial charge in [-0.05, 0) is 24.3 Å². The average molecular weight is 289 g/mol. The van der Waals surface area contributed by atoms with Gasteiger partial charge in [0.05, 0.1) is 16.3 Å². The molecule has 8 heteroatoms. The molecule has 7 nitrogen and oxygen atoms in total. The molecule has 0 heterocycles. The predicted octanol–water partition coefficient (Wildman–Crippen LogP) is 5.15. The van der Waals surface area contributed by atoms with E-state index < -0.39 is 4.92 Å². The molecule has 2 aromatic rings. The molecule has 0 aliphatic heterocycles. The fourth-order valence-corrected chi connectivity index (χ4v) is 1.61. The first kappa shape index (κ1) is 13.6. The lowest BCUT2D eigenvalue weighted by molar-refractivity contribution is -0.384. The minimum Gasteiger partial charge on any atom is -0.258 e. The quantitative estimate of drug-likeness (QED) is 0.338. The highest BCUT2D eigenvalue weighted by Gasteiger charge is 2.11. The van der Waals surface area contributed by atoms with Gasteiger partial charge in [0, 0.05) is 18.2 Å². The number of halogens is 1. The van der Waals surface area contributed by atoms with Crippen molar-refractivity contribution in [1.29, 1.82) is 5.39 Å². The Labute approximate surface area is 118 Å². The summed E-state index contributed by atoms with van der Waals surface area (Å²) in [5.74, 6) is 0. The van der Waals surface area contributed by atoms with Gasteiger partial charge >= 0.3 is 5.69 Å². The van der Waals surface area contributed by atoms with Crippen LogP contribution < -0.4 is 0 Å². The average Bonchev–Trinajstić information content (AvgIpc) is 2.45.